The molecule has 0 amide bonds. The summed E-state index contributed by atoms with van der Waals surface area (Å²) >= 11 is 7.52. The Morgan fingerprint density at radius 3 is 2.78 bits per heavy atom. The molecule has 0 unspecified atom stereocenters. The van der Waals surface area contributed by atoms with Crippen molar-refractivity contribution >= 4 is 29.0 Å². The van der Waals surface area contributed by atoms with E-state index < -0.39 is 0 Å². The van der Waals surface area contributed by atoms with Crippen LogP contribution in [0.5, 0.6) is 5.75 Å². The highest BCUT2D eigenvalue weighted by Crippen LogP contribution is 2.24. The van der Waals surface area contributed by atoms with Gasteiger partial charge in [0.25, 0.3) is 0 Å². The minimum Gasteiger partial charge on any atom is -0.495 e. The standard InChI is InChI=1S/C19H15ClN4O2S/c1-26-16-8-3-2-7-15(16)23-9-10-24-17(18(23)25)21-22-19(24)27-12-13-5-4-6-14(20)11-13/h2-11H,12H2,1H3. The Hall–Kier alpha value is -2.77. The van der Waals surface area contributed by atoms with E-state index in [0.29, 0.717) is 27.4 Å². The van der Waals surface area contributed by atoms with Gasteiger partial charge in [-0.05, 0) is 29.8 Å². The summed E-state index contributed by atoms with van der Waals surface area (Å²) < 4.78 is 8.56. The summed E-state index contributed by atoms with van der Waals surface area (Å²) in [7, 11) is 1.57. The van der Waals surface area contributed by atoms with Crippen molar-refractivity contribution < 1.29 is 4.74 Å². The number of hydrogen-bond acceptors (Lipinski definition) is 5. The maximum Gasteiger partial charge on any atom is 0.300 e. The van der Waals surface area contributed by atoms with Gasteiger partial charge < -0.3 is 4.74 Å². The monoisotopic (exact) mass is 398 g/mol. The minimum atomic E-state index is -0.260. The summed E-state index contributed by atoms with van der Waals surface area (Å²) in [6, 6.07) is 15.0. The Morgan fingerprint density at radius 1 is 1.11 bits per heavy atom. The van der Waals surface area contributed by atoms with Gasteiger partial charge in [0.1, 0.15) is 5.75 Å². The van der Waals surface area contributed by atoms with Gasteiger partial charge >= 0.3 is 5.56 Å². The summed E-state index contributed by atoms with van der Waals surface area (Å²) in [4.78, 5) is 12.9. The number of para-hydroxylation sites is 2. The molecule has 2 aromatic carbocycles. The van der Waals surface area contributed by atoms with Crippen LogP contribution in [0.4, 0.5) is 0 Å². The van der Waals surface area contributed by atoms with Crippen molar-refractivity contribution in [1.29, 1.82) is 0 Å². The molecule has 0 saturated carbocycles. The van der Waals surface area contributed by atoms with Crippen LogP contribution in [-0.2, 0) is 5.75 Å². The lowest BCUT2D eigenvalue weighted by atomic mass is 10.2. The average molecular weight is 399 g/mol. The van der Waals surface area contributed by atoms with Crippen LogP contribution in [0.2, 0.25) is 5.02 Å². The minimum absolute atomic E-state index is 0.260. The molecule has 0 aliphatic carbocycles. The molecule has 27 heavy (non-hydrogen) atoms. The molecule has 4 rings (SSSR count). The number of thioether (sulfide) groups is 1. The molecule has 2 aromatic heterocycles. The maximum absolute atomic E-state index is 12.9. The average Bonchev–Trinajstić information content (AvgIpc) is 3.11. The van der Waals surface area contributed by atoms with Crippen LogP contribution in [0.3, 0.4) is 0 Å². The van der Waals surface area contributed by atoms with E-state index in [1.54, 1.807) is 23.9 Å². The van der Waals surface area contributed by atoms with Crippen molar-refractivity contribution in [3.63, 3.8) is 0 Å². The Balaban J connectivity index is 1.69. The number of halogens is 1. The van der Waals surface area contributed by atoms with Crippen LogP contribution in [0.25, 0.3) is 11.3 Å². The van der Waals surface area contributed by atoms with Gasteiger partial charge in [-0.1, -0.05) is 47.6 Å². The summed E-state index contributed by atoms with van der Waals surface area (Å²) in [5.74, 6) is 1.29. The summed E-state index contributed by atoms with van der Waals surface area (Å²) in [6.07, 6.45) is 3.48. The first-order valence-electron chi connectivity index (χ1n) is 8.14. The molecule has 0 bridgehead atoms. The van der Waals surface area contributed by atoms with Gasteiger partial charge in [-0.2, -0.15) is 0 Å². The van der Waals surface area contributed by atoms with Crippen LogP contribution in [0, 0.1) is 0 Å². The zero-order valence-electron chi connectivity index (χ0n) is 14.4. The van der Waals surface area contributed by atoms with Crippen LogP contribution in [0.1, 0.15) is 5.56 Å². The van der Waals surface area contributed by atoms with Crippen LogP contribution < -0.4 is 10.3 Å². The number of rotatable bonds is 5. The number of aromatic nitrogens is 4. The van der Waals surface area contributed by atoms with Crippen molar-refractivity contribution in [3.8, 4) is 11.4 Å². The lowest BCUT2D eigenvalue weighted by molar-refractivity contribution is 0.412. The molecule has 4 aromatic rings. The second-order valence-corrected chi connectivity index (χ2v) is 7.12. The third-order valence-electron chi connectivity index (χ3n) is 4.04. The van der Waals surface area contributed by atoms with E-state index >= 15 is 0 Å². The maximum atomic E-state index is 12.9. The molecule has 8 heteroatoms. The van der Waals surface area contributed by atoms with Crippen LogP contribution in [0.15, 0.2) is 70.9 Å². The quantitative estimate of drug-likeness (QED) is 0.478. The molecule has 136 valence electrons. The molecule has 6 nitrogen and oxygen atoms in total. The van der Waals surface area contributed by atoms with E-state index in [1.165, 1.54) is 16.3 Å². The first-order valence-corrected chi connectivity index (χ1v) is 9.51. The normalized spacial score (nSPS) is 11.0. The van der Waals surface area contributed by atoms with Gasteiger partial charge in [0.2, 0.25) is 5.65 Å². The second-order valence-electron chi connectivity index (χ2n) is 5.74. The van der Waals surface area contributed by atoms with E-state index in [2.05, 4.69) is 10.2 Å². The third kappa shape index (κ3) is 3.43. The molecule has 0 aliphatic rings. The van der Waals surface area contributed by atoms with E-state index in [0.717, 1.165) is 5.56 Å². The summed E-state index contributed by atoms with van der Waals surface area (Å²) in [5.41, 5.74) is 1.73. The van der Waals surface area contributed by atoms with Crippen molar-refractivity contribution in [2.75, 3.05) is 7.11 Å². The van der Waals surface area contributed by atoms with Gasteiger partial charge in [0.05, 0.1) is 12.8 Å². The topological polar surface area (TPSA) is 61.4 Å². The number of benzene rings is 2. The third-order valence-corrected chi connectivity index (χ3v) is 5.29. The van der Waals surface area contributed by atoms with Crippen molar-refractivity contribution in [3.05, 3.63) is 81.9 Å². The highest BCUT2D eigenvalue weighted by atomic mass is 35.5. The second kappa shape index (κ2) is 7.46. The van der Waals surface area contributed by atoms with Crippen LogP contribution in [-0.4, -0.2) is 26.3 Å². The highest BCUT2D eigenvalue weighted by Gasteiger charge is 2.14. The summed E-state index contributed by atoms with van der Waals surface area (Å²) in [6.45, 7) is 0. The number of ether oxygens (including phenoxy) is 1. The molecule has 0 N–H and O–H groups in total. The predicted molar refractivity (Wildman–Crippen MR) is 106 cm³/mol. The molecule has 0 saturated heterocycles. The zero-order valence-corrected chi connectivity index (χ0v) is 15.9. The van der Waals surface area contributed by atoms with E-state index in [1.807, 2.05) is 48.5 Å². The zero-order chi connectivity index (χ0) is 18.8. The number of methoxy groups -OCH3 is 1. The molecular weight excluding hydrogens is 384 g/mol. The van der Waals surface area contributed by atoms with E-state index in [-0.39, 0.29) is 11.2 Å². The Morgan fingerprint density at radius 2 is 1.96 bits per heavy atom. The lowest BCUT2D eigenvalue weighted by Gasteiger charge is -2.10. The highest BCUT2D eigenvalue weighted by molar-refractivity contribution is 7.98. The van der Waals surface area contributed by atoms with Crippen molar-refractivity contribution in [2.24, 2.45) is 0 Å². The largest absolute Gasteiger partial charge is 0.495 e. The Labute approximate surface area is 164 Å². The fourth-order valence-electron chi connectivity index (χ4n) is 2.76. The number of hydrogen-bond donors (Lipinski definition) is 0. The van der Waals surface area contributed by atoms with Crippen molar-refractivity contribution in [1.82, 2.24) is 19.2 Å². The molecule has 0 atom stereocenters. The first kappa shape index (κ1) is 17.6. The van der Waals surface area contributed by atoms with Gasteiger partial charge in [-0.25, -0.2) is 0 Å². The molecule has 0 fully saturated rings. The molecule has 0 aliphatic heterocycles. The molecule has 0 spiro atoms. The number of nitrogens with zero attached hydrogens (tertiary/aromatic N) is 4. The first-order chi connectivity index (χ1) is 13.2. The fourth-order valence-corrected chi connectivity index (χ4v) is 3.83. The van der Waals surface area contributed by atoms with Gasteiger partial charge in [-0.15, -0.1) is 10.2 Å². The molecule has 0 radical (unpaired) electrons. The molecular formula is C19H15ClN4O2S. The van der Waals surface area contributed by atoms with Gasteiger partial charge in [0, 0.05) is 23.2 Å². The fraction of sp³-hybridized carbons (Fsp3) is 0.105. The summed E-state index contributed by atoms with van der Waals surface area (Å²) in [5, 5.41) is 9.59. The van der Waals surface area contributed by atoms with Gasteiger partial charge in [0.15, 0.2) is 5.16 Å². The smallest absolute Gasteiger partial charge is 0.300 e. The Kier molecular flexibility index (Phi) is 4.87. The number of fused-ring (bicyclic) bond motifs is 1. The predicted octanol–water partition coefficient (Wildman–Crippen LogP) is 3.83. The lowest BCUT2D eigenvalue weighted by Crippen LogP contribution is -2.20. The van der Waals surface area contributed by atoms with Gasteiger partial charge in [-0.3, -0.25) is 13.8 Å². The van der Waals surface area contributed by atoms with E-state index in [9.17, 15) is 4.79 Å². The van der Waals surface area contributed by atoms with E-state index in [4.69, 9.17) is 16.3 Å². The van der Waals surface area contributed by atoms with Crippen molar-refractivity contribution in [2.45, 2.75) is 10.9 Å². The SMILES string of the molecule is COc1ccccc1-n1ccn2c(SCc3cccc(Cl)c3)nnc2c1=O. The molecule has 2 heterocycles. The van der Waals surface area contributed by atoms with Crippen LogP contribution >= 0.6 is 23.4 Å². The Bertz CT molecular complexity index is 1170.